The Morgan fingerprint density at radius 2 is 1.75 bits per heavy atom. The molecule has 3 aromatic rings. The van der Waals surface area contributed by atoms with Gasteiger partial charge in [-0.15, -0.1) is 0 Å². The Labute approximate surface area is 230 Å². The number of carbonyl (C=O) groups is 1. The van der Waals surface area contributed by atoms with Crippen LogP contribution >= 0.6 is 43.6 Å². The lowest BCUT2D eigenvalue weighted by atomic mass is 10.2. The Morgan fingerprint density at radius 1 is 1.06 bits per heavy atom. The first-order valence-corrected chi connectivity index (χ1v) is 14.5. The predicted octanol–water partition coefficient (Wildman–Crippen LogP) is 6.58. The molecule has 36 heavy (non-hydrogen) atoms. The van der Waals surface area contributed by atoms with Gasteiger partial charge in [-0.2, -0.15) is 8.42 Å². The fraction of sp³-hybridized carbons (Fsp3) is 0.120. The maximum absolute atomic E-state index is 12.9. The number of hydrogen-bond acceptors (Lipinski definition) is 7. The van der Waals surface area contributed by atoms with E-state index in [0.717, 1.165) is 10.0 Å². The van der Waals surface area contributed by atoms with Gasteiger partial charge in [0.15, 0.2) is 16.7 Å². The van der Waals surface area contributed by atoms with Crippen LogP contribution in [0.2, 0.25) is 0 Å². The van der Waals surface area contributed by atoms with Crippen molar-refractivity contribution in [2.45, 2.75) is 18.7 Å². The molecule has 0 radical (unpaired) electrons. The molecule has 0 unspecified atom stereocenters. The third-order valence-corrected chi connectivity index (χ3v) is 8.10. The van der Waals surface area contributed by atoms with Crippen LogP contribution in [0.25, 0.3) is 6.08 Å². The van der Waals surface area contributed by atoms with Gasteiger partial charge in [-0.05, 0) is 102 Å². The second kappa shape index (κ2) is 11.2. The molecule has 1 aliphatic rings. The number of halogens is 2. The van der Waals surface area contributed by atoms with E-state index in [1.165, 1.54) is 23.9 Å². The summed E-state index contributed by atoms with van der Waals surface area (Å²) in [5.74, 6) is -0.0330. The molecule has 1 amide bonds. The van der Waals surface area contributed by atoms with Crippen molar-refractivity contribution in [2.24, 2.45) is 4.99 Å². The standard InChI is InChI=1S/C25H20Br2N2O5S2/c1-3-33-21-13-16(12-20(27)23(21)34-36(31,32)19-10-4-15(2)5-11-19)14-22-24(30)29-25(35-22)28-18-8-6-17(26)7-9-18/h4-14H,3H2,1-2H3,(H,28,29,30)/b22-14+. The highest BCUT2D eigenvalue weighted by Gasteiger charge is 2.25. The highest BCUT2D eigenvalue weighted by molar-refractivity contribution is 9.10. The van der Waals surface area contributed by atoms with Crippen molar-refractivity contribution < 1.29 is 22.1 Å². The minimum Gasteiger partial charge on any atom is -0.490 e. The molecule has 4 rings (SSSR count). The normalized spacial score (nSPS) is 15.8. The van der Waals surface area contributed by atoms with Crippen LogP contribution in [-0.2, 0) is 14.9 Å². The molecule has 1 N–H and O–H groups in total. The molecule has 0 atom stereocenters. The molecule has 11 heteroatoms. The number of ether oxygens (including phenoxy) is 1. The molecule has 0 saturated carbocycles. The average molecular weight is 652 g/mol. The highest BCUT2D eigenvalue weighted by Crippen LogP contribution is 2.40. The second-order valence-electron chi connectivity index (χ2n) is 7.57. The maximum atomic E-state index is 12.9. The van der Waals surface area contributed by atoms with Crippen LogP contribution in [0.5, 0.6) is 11.5 Å². The van der Waals surface area contributed by atoms with Gasteiger partial charge in [0.05, 0.1) is 21.7 Å². The van der Waals surface area contributed by atoms with Crippen molar-refractivity contribution in [1.29, 1.82) is 0 Å². The summed E-state index contributed by atoms with van der Waals surface area (Å²) < 4.78 is 38.1. The zero-order valence-corrected chi connectivity index (χ0v) is 23.9. The Kier molecular flexibility index (Phi) is 8.23. The molecule has 0 aromatic heterocycles. The van der Waals surface area contributed by atoms with E-state index in [4.69, 9.17) is 8.92 Å². The van der Waals surface area contributed by atoms with E-state index in [1.807, 2.05) is 31.2 Å². The summed E-state index contributed by atoms with van der Waals surface area (Å²) >= 11 is 7.99. The van der Waals surface area contributed by atoms with Crippen LogP contribution in [0.4, 0.5) is 5.69 Å². The number of aryl methyl sites for hydroxylation is 1. The van der Waals surface area contributed by atoms with Gasteiger partial charge in [-0.3, -0.25) is 4.79 Å². The first-order chi connectivity index (χ1) is 17.1. The van der Waals surface area contributed by atoms with Crippen LogP contribution in [0.1, 0.15) is 18.1 Å². The molecule has 1 saturated heterocycles. The molecule has 1 fully saturated rings. The van der Waals surface area contributed by atoms with Crippen molar-refractivity contribution in [2.75, 3.05) is 6.61 Å². The minimum absolute atomic E-state index is 0.0283. The highest BCUT2D eigenvalue weighted by atomic mass is 79.9. The maximum Gasteiger partial charge on any atom is 0.339 e. The number of hydrogen-bond donors (Lipinski definition) is 1. The van der Waals surface area contributed by atoms with Gasteiger partial charge in [0, 0.05) is 4.47 Å². The lowest BCUT2D eigenvalue weighted by Gasteiger charge is -2.14. The van der Waals surface area contributed by atoms with Gasteiger partial charge >= 0.3 is 10.1 Å². The summed E-state index contributed by atoms with van der Waals surface area (Å²) in [7, 11) is -4.09. The van der Waals surface area contributed by atoms with Crippen molar-refractivity contribution in [3.8, 4) is 11.5 Å². The molecule has 0 bridgehead atoms. The molecular formula is C25H20Br2N2O5S2. The van der Waals surface area contributed by atoms with Gasteiger partial charge in [0.2, 0.25) is 0 Å². The molecule has 186 valence electrons. The number of aliphatic imine (C=N–C) groups is 1. The number of nitrogens with zero attached hydrogens (tertiary/aromatic N) is 1. The monoisotopic (exact) mass is 650 g/mol. The van der Waals surface area contributed by atoms with Crippen molar-refractivity contribution >= 4 is 76.6 Å². The number of amidine groups is 1. The fourth-order valence-corrected chi connectivity index (χ4v) is 5.85. The van der Waals surface area contributed by atoms with E-state index in [9.17, 15) is 13.2 Å². The van der Waals surface area contributed by atoms with Gasteiger partial charge < -0.3 is 14.2 Å². The topological polar surface area (TPSA) is 94.1 Å². The molecule has 7 nitrogen and oxygen atoms in total. The van der Waals surface area contributed by atoms with Gasteiger partial charge in [-0.25, -0.2) is 4.99 Å². The van der Waals surface area contributed by atoms with Gasteiger partial charge in [0.25, 0.3) is 5.91 Å². The Morgan fingerprint density at radius 3 is 2.42 bits per heavy atom. The molecule has 0 aliphatic carbocycles. The van der Waals surface area contributed by atoms with E-state index in [-0.39, 0.29) is 28.9 Å². The fourth-order valence-electron chi connectivity index (χ4n) is 3.14. The van der Waals surface area contributed by atoms with Crippen molar-refractivity contribution in [1.82, 2.24) is 5.32 Å². The van der Waals surface area contributed by atoms with Gasteiger partial charge in [-0.1, -0.05) is 33.6 Å². The van der Waals surface area contributed by atoms with E-state index in [0.29, 0.717) is 25.8 Å². The summed E-state index contributed by atoms with van der Waals surface area (Å²) in [6.45, 7) is 3.93. The van der Waals surface area contributed by atoms with Crippen molar-refractivity contribution in [3.05, 3.63) is 85.6 Å². The van der Waals surface area contributed by atoms with Crippen LogP contribution in [0, 0.1) is 6.92 Å². The smallest absolute Gasteiger partial charge is 0.339 e. The molecule has 3 aromatic carbocycles. The Bertz CT molecular complexity index is 1470. The number of nitrogens with one attached hydrogen (secondary N) is 1. The van der Waals surface area contributed by atoms with E-state index in [1.54, 1.807) is 37.3 Å². The summed E-state index contributed by atoms with van der Waals surface area (Å²) in [4.78, 5) is 17.5. The zero-order chi connectivity index (χ0) is 25.9. The zero-order valence-electron chi connectivity index (χ0n) is 19.1. The number of benzene rings is 3. The van der Waals surface area contributed by atoms with Crippen LogP contribution in [0.3, 0.4) is 0 Å². The Balaban J connectivity index is 1.62. The predicted molar refractivity (Wildman–Crippen MR) is 149 cm³/mol. The van der Waals surface area contributed by atoms with E-state index in [2.05, 4.69) is 42.2 Å². The quantitative estimate of drug-likeness (QED) is 0.229. The van der Waals surface area contributed by atoms with Crippen molar-refractivity contribution in [3.63, 3.8) is 0 Å². The number of thioether (sulfide) groups is 1. The largest absolute Gasteiger partial charge is 0.490 e. The lowest BCUT2D eigenvalue weighted by molar-refractivity contribution is -0.115. The summed E-state index contributed by atoms with van der Waals surface area (Å²) in [6.07, 6.45) is 1.68. The average Bonchev–Trinajstić information content (AvgIpc) is 3.16. The number of rotatable bonds is 7. The summed E-state index contributed by atoms with van der Waals surface area (Å²) in [5.41, 5.74) is 2.26. The first kappa shape index (κ1) is 26.5. The van der Waals surface area contributed by atoms with Crippen LogP contribution in [0.15, 0.2) is 84.4 Å². The van der Waals surface area contributed by atoms with E-state index < -0.39 is 10.1 Å². The lowest BCUT2D eigenvalue weighted by Crippen LogP contribution is -2.19. The molecule has 1 aliphatic heterocycles. The number of carbonyl (C=O) groups excluding carboxylic acids is 1. The summed E-state index contributed by atoms with van der Waals surface area (Å²) in [6, 6.07) is 17.1. The Hall–Kier alpha value is -2.60. The molecule has 0 spiro atoms. The third-order valence-electron chi connectivity index (χ3n) is 4.84. The second-order valence-corrected chi connectivity index (χ2v) is 11.9. The first-order valence-electron chi connectivity index (χ1n) is 10.7. The van der Waals surface area contributed by atoms with E-state index >= 15 is 0 Å². The van der Waals surface area contributed by atoms with Crippen LogP contribution in [-0.4, -0.2) is 26.1 Å². The third kappa shape index (κ3) is 6.39. The minimum atomic E-state index is -4.09. The van der Waals surface area contributed by atoms with Crippen LogP contribution < -0.4 is 14.2 Å². The molecular weight excluding hydrogens is 632 g/mol. The SMILES string of the molecule is CCOc1cc(/C=C2/SC(=Nc3ccc(Br)cc3)NC2=O)cc(Br)c1OS(=O)(=O)c1ccc(C)cc1. The molecule has 1 heterocycles. The summed E-state index contributed by atoms with van der Waals surface area (Å²) in [5, 5.41) is 3.21. The van der Waals surface area contributed by atoms with Gasteiger partial charge in [0.1, 0.15) is 4.90 Å². The number of amides is 1.